The number of allylic oxidation sites excluding steroid dienone is 6. The molecule has 11 heavy (non-hydrogen) atoms. The average Bonchev–Trinajstić information content (AvgIpc) is 2.05. The second-order valence-electron chi connectivity index (χ2n) is 2.71. The molecular formula is C9H10F2. The van der Waals surface area contributed by atoms with Gasteiger partial charge in [0.05, 0.1) is 0 Å². The summed E-state index contributed by atoms with van der Waals surface area (Å²) >= 11 is 0. The van der Waals surface area contributed by atoms with E-state index in [1.165, 1.54) is 6.08 Å². The van der Waals surface area contributed by atoms with Crippen LogP contribution >= 0.6 is 0 Å². The first-order valence-electron chi connectivity index (χ1n) is 3.47. The van der Waals surface area contributed by atoms with E-state index < -0.39 is 12.0 Å². The van der Waals surface area contributed by atoms with Crippen LogP contribution in [0.3, 0.4) is 0 Å². The predicted octanol–water partition coefficient (Wildman–Crippen LogP) is 3.08. The Morgan fingerprint density at radius 3 is 2.55 bits per heavy atom. The van der Waals surface area contributed by atoms with Crippen molar-refractivity contribution in [2.24, 2.45) is 0 Å². The Labute approximate surface area is 64.9 Å². The molecule has 0 N–H and O–H groups in total. The van der Waals surface area contributed by atoms with Gasteiger partial charge < -0.3 is 0 Å². The fraction of sp³-hybridized carbons (Fsp3) is 0.333. The van der Waals surface area contributed by atoms with Crippen molar-refractivity contribution in [1.29, 1.82) is 0 Å². The highest BCUT2D eigenvalue weighted by Gasteiger charge is 2.15. The third kappa shape index (κ3) is 1.76. The molecule has 0 fully saturated rings. The van der Waals surface area contributed by atoms with Gasteiger partial charge in [-0.15, -0.1) is 0 Å². The number of alkyl halides is 1. The normalized spacial score (nSPS) is 25.1. The van der Waals surface area contributed by atoms with E-state index in [0.29, 0.717) is 5.57 Å². The molecule has 0 saturated carbocycles. The molecule has 1 unspecified atom stereocenters. The standard InChI is InChI=1S/C9H10F2/c1-6-3-4-7(2)9(11)8(10)5-6/h3-5,9H,1-2H3. The third-order valence-corrected chi connectivity index (χ3v) is 1.62. The maximum Gasteiger partial charge on any atom is 0.172 e. The van der Waals surface area contributed by atoms with Gasteiger partial charge in [0.25, 0.3) is 0 Å². The van der Waals surface area contributed by atoms with Crippen molar-refractivity contribution in [1.82, 2.24) is 0 Å². The molecule has 0 nitrogen and oxygen atoms in total. The lowest BCUT2D eigenvalue weighted by Gasteiger charge is -2.02. The van der Waals surface area contributed by atoms with Crippen molar-refractivity contribution in [3.8, 4) is 0 Å². The lowest BCUT2D eigenvalue weighted by molar-refractivity contribution is 0.367. The van der Waals surface area contributed by atoms with Crippen LogP contribution in [0.15, 0.2) is 35.2 Å². The molecule has 2 heteroatoms. The summed E-state index contributed by atoms with van der Waals surface area (Å²) in [5.74, 6) is -0.704. The van der Waals surface area contributed by atoms with Gasteiger partial charge in [-0.3, -0.25) is 0 Å². The molecule has 1 rings (SSSR count). The summed E-state index contributed by atoms with van der Waals surface area (Å²) in [6.07, 6.45) is 2.97. The SMILES string of the molecule is CC1=CC=C(C)C(F)C(F)=C1. The fourth-order valence-electron chi connectivity index (χ4n) is 0.904. The zero-order valence-corrected chi connectivity index (χ0v) is 6.57. The van der Waals surface area contributed by atoms with Gasteiger partial charge >= 0.3 is 0 Å². The third-order valence-electron chi connectivity index (χ3n) is 1.62. The predicted molar refractivity (Wildman–Crippen MR) is 41.6 cm³/mol. The summed E-state index contributed by atoms with van der Waals surface area (Å²) in [5.41, 5.74) is 1.15. The molecule has 0 aromatic heterocycles. The molecular weight excluding hydrogens is 146 g/mol. The van der Waals surface area contributed by atoms with Crippen LogP contribution in [0.25, 0.3) is 0 Å². The molecule has 0 amide bonds. The van der Waals surface area contributed by atoms with Crippen molar-refractivity contribution in [2.45, 2.75) is 20.0 Å². The van der Waals surface area contributed by atoms with E-state index >= 15 is 0 Å². The molecule has 60 valence electrons. The maximum atomic E-state index is 12.9. The first-order chi connectivity index (χ1) is 5.11. The smallest absolute Gasteiger partial charge is 0.172 e. The maximum absolute atomic E-state index is 12.9. The van der Waals surface area contributed by atoms with Crippen LogP contribution in [0.2, 0.25) is 0 Å². The minimum atomic E-state index is -1.55. The lowest BCUT2D eigenvalue weighted by atomic mass is 10.2. The average molecular weight is 156 g/mol. The Bertz CT molecular complexity index is 246. The van der Waals surface area contributed by atoms with Gasteiger partial charge in [0.2, 0.25) is 0 Å². The molecule has 0 aromatic rings. The second kappa shape index (κ2) is 2.99. The van der Waals surface area contributed by atoms with Crippen LogP contribution in [0, 0.1) is 0 Å². The molecule has 0 spiro atoms. The first kappa shape index (κ1) is 8.18. The molecule has 0 aromatic carbocycles. The van der Waals surface area contributed by atoms with E-state index in [9.17, 15) is 8.78 Å². The number of rotatable bonds is 0. The Balaban J connectivity index is 3.02. The van der Waals surface area contributed by atoms with Gasteiger partial charge in [-0.05, 0) is 31.1 Å². The Kier molecular flexibility index (Phi) is 2.22. The summed E-state index contributed by atoms with van der Waals surface area (Å²) in [7, 11) is 0. The fourth-order valence-corrected chi connectivity index (χ4v) is 0.904. The van der Waals surface area contributed by atoms with Crippen molar-refractivity contribution in [3.63, 3.8) is 0 Å². The summed E-state index contributed by atoms with van der Waals surface area (Å²) < 4.78 is 25.6. The van der Waals surface area contributed by atoms with Crippen LogP contribution in [-0.4, -0.2) is 6.17 Å². The molecule has 0 aliphatic heterocycles. The van der Waals surface area contributed by atoms with Gasteiger partial charge in [0.15, 0.2) is 6.17 Å². The van der Waals surface area contributed by atoms with Crippen molar-refractivity contribution >= 4 is 0 Å². The highest BCUT2D eigenvalue weighted by molar-refractivity contribution is 5.34. The van der Waals surface area contributed by atoms with Crippen molar-refractivity contribution in [3.05, 3.63) is 35.2 Å². The van der Waals surface area contributed by atoms with E-state index in [-0.39, 0.29) is 0 Å². The van der Waals surface area contributed by atoms with E-state index in [1.54, 1.807) is 26.0 Å². The zero-order chi connectivity index (χ0) is 8.43. The second-order valence-corrected chi connectivity index (χ2v) is 2.71. The van der Waals surface area contributed by atoms with Gasteiger partial charge in [0, 0.05) is 0 Å². The molecule has 1 aliphatic rings. The van der Waals surface area contributed by atoms with Crippen LogP contribution in [0.5, 0.6) is 0 Å². The number of halogens is 2. The van der Waals surface area contributed by atoms with Gasteiger partial charge in [0.1, 0.15) is 5.83 Å². The first-order valence-corrected chi connectivity index (χ1v) is 3.47. The van der Waals surface area contributed by atoms with E-state index in [4.69, 9.17) is 0 Å². The zero-order valence-electron chi connectivity index (χ0n) is 6.57. The minimum Gasteiger partial charge on any atom is -0.235 e. The van der Waals surface area contributed by atoms with Gasteiger partial charge in [-0.25, -0.2) is 8.78 Å². The molecule has 0 saturated heterocycles. The Morgan fingerprint density at radius 1 is 1.27 bits per heavy atom. The van der Waals surface area contributed by atoms with E-state index in [2.05, 4.69) is 0 Å². The largest absolute Gasteiger partial charge is 0.235 e. The highest BCUT2D eigenvalue weighted by Crippen LogP contribution is 2.21. The molecule has 0 bridgehead atoms. The lowest BCUT2D eigenvalue weighted by Crippen LogP contribution is -2.00. The highest BCUT2D eigenvalue weighted by atomic mass is 19.2. The molecule has 0 radical (unpaired) electrons. The van der Waals surface area contributed by atoms with Crippen molar-refractivity contribution in [2.75, 3.05) is 0 Å². The molecule has 0 heterocycles. The summed E-state index contributed by atoms with van der Waals surface area (Å²) in [5, 5.41) is 0. The van der Waals surface area contributed by atoms with Crippen LogP contribution in [0.4, 0.5) is 8.78 Å². The quantitative estimate of drug-likeness (QED) is 0.505. The summed E-state index contributed by atoms with van der Waals surface area (Å²) in [6, 6.07) is 0. The Morgan fingerprint density at radius 2 is 1.91 bits per heavy atom. The van der Waals surface area contributed by atoms with Crippen molar-refractivity contribution < 1.29 is 8.78 Å². The summed E-state index contributed by atoms with van der Waals surface area (Å²) in [6.45, 7) is 3.31. The van der Waals surface area contributed by atoms with E-state index in [0.717, 1.165) is 5.57 Å². The summed E-state index contributed by atoms with van der Waals surface area (Å²) in [4.78, 5) is 0. The monoisotopic (exact) mass is 156 g/mol. The van der Waals surface area contributed by atoms with Crippen LogP contribution < -0.4 is 0 Å². The molecule has 1 aliphatic carbocycles. The van der Waals surface area contributed by atoms with Crippen LogP contribution in [0.1, 0.15) is 13.8 Å². The van der Waals surface area contributed by atoms with E-state index in [1.807, 2.05) is 0 Å². The van der Waals surface area contributed by atoms with Crippen LogP contribution in [-0.2, 0) is 0 Å². The Hall–Kier alpha value is -0.920. The molecule has 1 atom stereocenters. The minimum absolute atomic E-state index is 0.413. The number of hydrogen-bond acceptors (Lipinski definition) is 0. The van der Waals surface area contributed by atoms with Gasteiger partial charge in [-0.2, -0.15) is 0 Å². The topological polar surface area (TPSA) is 0 Å². The van der Waals surface area contributed by atoms with Gasteiger partial charge in [-0.1, -0.05) is 12.2 Å². The number of hydrogen-bond donors (Lipinski definition) is 0.